The highest BCUT2D eigenvalue weighted by atomic mass is 127. The highest BCUT2D eigenvalue weighted by Gasteiger charge is 2.19. The van der Waals surface area contributed by atoms with Gasteiger partial charge in [-0.15, -0.1) is 24.0 Å². The van der Waals surface area contributed by atoms with E-state index in [4.69, 9.17) is 4.74 Å². The summed E-state index contributed by atoms with van der Waals surface area (Å²) in [6, 6.07) is 14.9. The number of hydrogen-bond acceptors (Lipinski definition) is 3. The third kappa shape index (κ3) is 8.46. The van der Waals surface area contributed by atoms with Crippen LogP contribution >= 0.6 is 24.0 Å². The van der Waals surface area contributed by atoms with Crippen LogP contribution in [-0.4, -0.2) is 66.8 Å². The van der Waals surface area contributed by atoms with Gasteiger partial charge in [0.15, 0.2) is 5.96 Å². The van der Waals surface area contributed by atoms with Crippen LogP contribution in [0.4, 0.5) is 0 Å². The molecule has 0 bridgehead atoms. The molecule has 1 aliphatic heterocycles. The van der Waals surface area contributed by atoms with E-state index in [2.05, 4.69) is 87.4 Å². The first kappa shape index (κ1) is 25.7. The first-order valence-corrected chi connectivity index (χ1v) is 11.1. The summed E-state index contributed by atoms with van der Waals surface area (Å²) in [5.41, 5.74) is 2.66. The van der Waals surface area contributed by atoms with E-state index in [9.17, 15) is 0 Å². The zero-order chi connectivity index (χ0) is 21.2. The van der Waals surface area contributed by atoms with E-state index in [0.717, 1.165) is 64.6 Å². The summed E-state index contributed by atoms with van der Waals surface area (Å²) < 4.78 is 8.28. The van der Waals surface area contributed by atoms with Crippen LogP contribution in [0.1, 0.15) is 30.5 Å². The predicted molar refractivity (Wildman–Crippen MR) is 139 cm³/mol. The molecule has 1 aromatic heterocycles. The minimum absolute atomic E-state index is 0. The molecule has 0 spiro atoms. The molecule has 31 heavy (non-hydrogen) atoms. The molecule has 6 nitrogen and oxygen atoms in total. The van der Waals surface area contributed by atoms with E-state index in [0.29, 0.717) is 6.10 Å². The molecule has 0 unspecified atom stereocenters. The van der Waals surface area contributed by atoms with Crippen molar-refractivity contribution in [2.24, 2.45) is 12.0 Å². The van der Waals surface area contributed by atoms with Gasteiger partial charge in [0, 0.05) is 65.8 Å². The number of halogens is 1. The fourth-order valence-electron chi connectivity index (χ4n) is 3.96. The molecule has 3 rings (SSSR count). The number of piperidine rings is 1. The Morgan fingerprint density at radius 1 is 1.16 bits per heavy atom. The Bertz CT molecular complexity index is 771. The minimum Gasteiger partial charge on any atom is -0.378 e. The van der Waals surface area contributed by atoms with Gasteiger partial charge in [-0.05, 0) is 37.0 Å². The van der Waals surface area contributed by atoms with Crippen molar-refractivity contribution in [2.45, 2.75) is 38.5 Å². The van der Waals surface area contributed by atoms with Crippen molar-refractivity contribution in [1.82, 2.24) is 19.7 Å². The normalized spacial score (nSPS) is 15.5. The van der Waals surface area contributed by atoms with Crippen molar-refractivity contribution in [1.29, 1.82) is 0 Å². The monoisotopic (exact) mass is 539 g/mol. The molecule has 172 valence electrons. The number of aryl methyl sites for hydroxylation is 1. The maximum absolute atomic E-state index is 6.13. The van der Waals surface area contributed by atoms with Gasteiger partial charge in [0.05, 0.1) is 12.6 Å². The summed E-state index contributed by atoms with van der Waals surface area (Å²) in [5, 5.41) is 3.45. The molecule has 1 N–H and O–H groups in total. The number of aromatic nitrogens is 1. The Kier molecular flexibility index (Phi) is 11.4. The van der Waals surface area contributed by atoms with Crippen LogP contribution in [0, 0.1) is 0 Å². The smallest absolute Gasteiger partial charge is 0.193 e. The molecule has 2 aromatic rings. The Balaban J connectivity index is 0.00000341. The largest absolute Gasteiger partial charge is 0.378 e. The molecule has 0 aliphatic carbocycles. The van der Waals surface area contributed by atoms with Crippen molar-refractivity contribution < 1.29 is 4.74 Å². The average Bonchev–Trinajstić information content (AvgIpc) is 3.17. The Morgan fingerprint density at radius 3 is 2.55 bits per heavy atom. The van der Waals surface area contributed by atoms with Gasteiger partial charge >= 0.3 is 0 Å². The molecule has 2 heterocycles. The van der Waals surface area contributed by atoms with Gasteiger partial charge in [-0.25, -0.2) is 0 Å². The number of nitrogens with one attached hydrogen (secondary N) is 1. The fourth-order valence-corrected chi connectivity index (χ4v) is 3.96. The van der Waals surface area contributed by atoms with Crippen molar-refractivity contribution >= 4 is 29.9 Å². The van der Waals surface area contributed by atoms with Crippen molar-refractivity contribution in [3.63, 3.8) is 0 Å². The molecule has 1 fully saturated rings. The van der Waals surface area contributed by atoms with Crippen LogP contribution in [-0.2, 0) is 24.9 Å². The Labute approximate surface area is 204 Å². The van der Waals surface area contributed by atoms with E-state index < -0.39 is 0 Å². The van der Waals surface area contributed by atoms with E-state index in [1.807, 2.05) is 7.05 Å². The second kappa shape index (κ2) is 13.8. The van der Waals surface area contributed by atoms with Gasteiger partial charge in [-0.3, -0.25) is 9.89 Å². The molecule has 1 aliphatic rings. The topological polar surface area (TPSA) is 45.0 Å². The van der Waals surface area contributed by atoms with E-state index in [-0.39, 0.29) is 24.0 Å². The standard InChI is InChI=1S/C24H37N5O.HI/c1-25-24(28(3)20-22-11-7-15-27(22)2)26-14-8-18-30-23-12-16-29(17-13-23)19-21-9-5-4-6-10-21;/h4-7,9-11,15,23H,8,12-14,16-20H2,1-3H3,(H,25,26);1H. The summed E-state index contributed by atoms with van der Waals surface area (Å²) >= 11 is 0. The minimum atomic E-state index is 0. The molecule has 0 radical (unpaired) electrons. The summed E-state index contributed by atoms with van der Waals surface area (Å²) in [7, 11) is 5.98. The Hall–Kier alpha value is -1.58. The van der Waals surface area contributed by atoms with E-state index in [1.54, 1.807) is 0 Å². The van der Waals surface area contributed by atoms with Gasteiger partial charge in [0.1, 0.15) is 0 Å². The molecule has 1 saturated heterocycles. The van der Waals surface area contributed by atoms with Crippen LogP contribution in [0.15, 0.2) is 53.7 Å². The third-order valence-electron chi connectivity index (χ3n) is 5.77. The van der Waals surface area contributed by atoms with E-state index in [1.165, 1.54) is 11.3 Å². The average molecular weight is 540 g/mol. The van der Waals surface area contributed by atoms with Crippen LogP contribution < -0.4 is 5.32 Å². The second-order valence-electron chi connectivity index (χ2n) is 8.13. The zero-order valence-electron chi connectivity index (χ0n) is 19.2. The number of aliphatic imine (C=N–C) groups is 1. The van der Waals surface area contributed by atoms with Gasteiger partial charge in [0.25, 0.3) is 0 Å². The molecular weight excluding hydrogens is 501 g/mol. The van der Waals surface area contributed by atoms with Crippen LogP contribution in [0.3, 0.4) is 0 Å². The lowest BCUT2D eigenvalue weighted by molar-refractivity contribution is 0.00531. The number of ether oxygens (including phenoxy) is 1. The number of nitrogens with zero attached hydrogens (tertiary/aromatic N) is 4. The number of hydrogen-bond donors (Lipinski definition) is 1. The molecular formula is C24H38IN5O. The molecule has 7 heteroatoms. The van der Waals surface area contributed by atoms with Crippen molar-refractivity contribution in [3.8, 4) is 0 Å². The summed E-state index contributed by atoms with van der Waals surface area (Å²) in [5.74, 6) is 0.922. The van der Waals surface area contributed by atoms with Gasteiger partial charge in [0.2, 0.25) is 0 Å². The first-order chi connectivity index (χ1) is 14.7. The summed E-state index contributed by atoms with van der Waals surface area (Å²) in [6.07, 6.45) is 5.71. The summed E-state index contributed by atoms with van der Waals surface area (Å²) in [6.45, 7) is 5.79. The van der Waals surface area contributed by atoms with Crippen LogP contribution in [0.25, 0.3) is 0 Å². The number of likely N-dealkylation sites (tertiary alicyclic amines) is 1. The van der Waals surface area contributed by atoms with E-state index >= 15 is 0 Å². The lowest BCUT2D eigenvalue weighted by Crippen LogP contribution is -2.39. The number of guanidine groups is 1. The van der Waals surface area contributed by atoms with Crippen LogP contribution in [0.2, 0.25) is 0 Å². The van der Waals surface area contributed by atoms with Gasteiger partial charge in [-0.2, -0.15) is 0 Å². The second-order valence-corrected chi connectivity index (χ2v) is 8.13. The number of rotatable bonds is 9. The number of benzene rings is 1. The lowest BCUT2D eigenvalue weighted by atomic mass is 10.1. The molecule has 1 aromatic carbocycles. The highest BCUT2D eigenvalue weighted by molar-refractivity contribution is 14.0. The molecule has 0 amide bonds. The Morgan fingerprint density at radius 2 is 1.90 bits per heavy atom. The van der Waals surface area contributed by atoms with Gasteiger partial charge in [-0.1, -0.05) is 30.3 Å². The maximum atomic E-state index is 6.13. The molecule has 0 atom stereocenters. The van der Waals surface area contributed by atoms with Crippen molar-refractivity contribution in [2.75, 3.05) is 40.3 Å². The fraction of sp³-hybridized carbons (Fsp3) is 0.542. The van der Waals surface area contributed by atoms with Crippen LogP contribution in [0.5, 0.6) is 0 Å². The quantitative estimate of drug-likeness (QED) is 0.229. The van der Waals surface area contributed by atoms with Crippen molar-refractivity contribution in [3.05, 3.63) is 59.9 Å². The summed E-state index contributed by atoms with van der Waals surface area (Å²) in [4.78, 5) is 9.09. The molecule has 0 saturated carbocycles. The maximum Gasteiger partial charge on any atom is 0.193 e. The predicted octanol–water partition coefficient (Wildman–Crippen LogP) is 3.72. The van der Waals surface area contributed by atoms with Gasteiger partial charge < -0.3 is 19.5 Å². The highest BCUT2D eigenvalue weighted by Crippen LogP contribution is 2.16. The zero-order valence-corrected chi connectivity index (χ0v) is 21.5. The first-order valence-electron chi connectivity index (χ1n) is 11.1. The third-order valence-corrected chi connectivity index (χ3v) is 5.77. The SMILES string of the molecule is CN=C(NCCCOC1CCN(Cc2ccccc2)CC1)N(C)Cc1cccn1C.I. The lowest BCUT2D eigenvalue weighted by Gasteiger charge is -2.32.